The zero-order valence-corrected chi connectivity index (χ0v) is 15.4. The van der Waals surface area contributed by atoms with Gasteiger partial charge in [-0.1, -0.05) is 42.5 Å². The van der Waals surface area contributed by atoms with E-state index in [-0.39, 0.29) is 0 Å². The number of thiol groups is 1. The van der Waals surface area contributed by atoms with Gasteiger partial charge >= 0.3 is 0 Å². The predicted octanol–water partition coefficient (Wildman–Crippen LogP) is 4.08. The average Bonchev–Trinajstić information content (AvgIpc) is 2.68. The van der Waals surface area contributed by atoms with E-state index in [9.17, 15) is 0 Å². The van der Waals surface area contributed by atoms with Gasteiger partial charge in [-0.15, -0.1) is 12.6 Å². The molecular formula is C21H15N5S. The van der Waals surface area contributed by atoms with E-state index in [1.54, 1.807) is 0 Å². The van der Waals surface area contributed by atoms with Crippen molar-refractivity contribution in [3.8, 4) is 0 Å². The molecule has 0 saturated heterocycles. The molecule has 6 heteroatoms. The minimum Gasteiger partial charge on any atom is -0.246 e. The molecule has 5 rings (SSSR count). The van der Waals surface area contributed by atoms with Crippen molar-refractivity contribution in [2.45, 2.75) is 11.8 Å². The Kier molecular flexibility index (Phi) is 3.65. The highest BCUT2D eigenvalue weighted by atomic mass is 32.1. The van der Waals surface area contributed by atoms with Crippen LogP contribution in [0.1, 0.15) is 16.7 Å². The van der Waals surface area contributed by atoms with Crippen LogP contribution >= 0.6 is 12.6 Å². The number of guanidine groups is 2. The second-order valence-corrected chi connectivity index (χ2v) is 6.83. The molecule has 0 saturated carbocycles. The maximum absolute atomic E-state index is 4.73. The Labute approximate surface area is 162 Å². The summed E-state index contributed by atoms with van der Waals surface area (Å²) in [5, 5.41) is 0. The number of nitrogens with zero attached hydrogens (tertiary/aromatic N) is 5. The standard InChI is InChI=1S/C21H15N5S/c1-13-6-2-3-7-15(13)17-10-14-11-18(16-8-4-5-9-19(16)27)25-21-23-12-22-20(24-17)26(14)21/h2-12,27H,1H3. The Balaban J connectivity index is 1.68. The first kappa shape index (κ1) is 16.0. The van der Waals surface area contributed by atoms with Crippen molar-refractivity contribution < 1.29 is 0 Å². The van der Waals surface area contributed by atoms with Gasteiger partial charge in [0, 0.05) is 16.0 Å². The minimum atomic E-state index is 0.563. The van der Waals surface area contributed by atoms with Crippen molar-refractivity contribution in [2.24, 2.45) is 20.0 Å². The molecule has 0 atom stereocenters. The van der Waals surface area contributed by atoms with Crippen LogP contribution < -0.4 is 0 Å². The molecule has 2 aromatic carbocycles. The third-order valence-electron chi connectivity index (χ3n) is 4.62. The lowest BCUT2D eigenvalue weighted by atomic mass is 10.0. The van der Waals surface area contributed by atoms with E-state index in [0.29, 0.717) is 11.9 Å². The van der Waals surface area contributed by atoms with E-state index in [0.717, 1.165) is 33.1 Å². The fraction of sp³-hybridized carbons (Fsp3) is 0.0476. The molecule has 3 aliphatic rings. The molecule has 5 nitrogen and oxygen atoms in total. The van der Waals surface area contributed by atoms with E-state index < -0.39 is 0 Å². The summed E-state index contributed by atoms with van der Waals surface area (Å²) in [5.74, 6) is 1.14. The monoisotopic (exact) mass is 369 g/mol. The molecule has 27 heavy (non-hydrogen) atoms. The van der Waals surface area contributed by atoms with Crippen LogP contribution in [0.4, 0.5) is 0 Å². The van der Waals surface area contributed by atoms with Crippen molar-refractivity contribution in [2.75, 3.05) is 0 Å². The van der Waals surface area contributed by atoms with Crippen LogP contribution in [0, 0.1) is 6.92 Å². The van der Waals surface area contributed by atoms with Crippen LogP contribution in [0.2, 0.25) is 0 Å². The van der Waals surface area contributed by atoms with E-state index in [1.807, 2.05) is 47.4 Å². The molecular weight excluding hydrogens is 354 g/mol. The summed E-state index contributed by atoms with van der Waals surface area (Å²) in [6, 6.07) is 16.1. The van der Waals surface area contributed by atoms with Crippen molar-refractivity contribution in [3.05, 3.63) is 83.1 Å². The summed E-state index contributed by atoms with van der Waals surface area (Å²) < 4.78 is 0. The number of aryl methyl sites for hydroxylation is 1. The van der Waals surface area contributed by atoms with E-state index in [2.05, 4.69) is 47.7 Å². The normalized spacial score (nSPS) is 17.4. The summed E-state index contributed by atoms with van der Waals surface area (Å²) in [6.45, 7) is 2.08. The van der Waals surface area contributed by atoms with Gasteiger partial charge in [0.2, 0.25) is 11.9 Å². The lowest BCUT2D eigenvalue weighted by Crippen LogP contribution is -2.40. The Morgan fingerprint density at radius 1 is 0.852 bits per heavy atom. The maximum atomic E-state index is 4.73. The van der Waals surface area contributed by atoms with Gasteiger partial charge in [-0.3, -0.25) is 0 Å². The summed E-state index contributed by atoms with van der Waals surface area (Å²) in [4.78, 5) is 20.9. The smallest absolute Gasteiger partial charge is 0.239 e. The molecule has 0 aromatic heterocycles. The van der Waals surface area contributed by atoms with Crippen LogP contribution in [0.5, 0.6) is 0 Å². The predicted molar refractivity (Wildman–Crippen MR) is 113 cm³/mol. The van der Waals surface area contributed by atoms with Crippen molar-refractivity contribution >= 4 is 42.3 Å². The van der Waals surface area contributed by atoms with Crippen LogP contribution in [0.3, 0.4) is 0 Å². The minimum absolute atomic E-state index is 0.563. The molecule has 0 fully saturated rings. The fourth-order valence-electron chi connectivity index (χ4n) is 3.28. The summed E-state index contributed by atoms with van der Waals surface area (Å²) in [5.41, 5.74) is 5.86. The lowest BCUT2D eigenvalue weighted by molar-refractivity contribution is 0.738. The molecule has 2 aromatic rings. The van der Waals surface area contributed by atoms with Gasteiger partial charge in [0.15, 0.2) is 0 Å². The van der Waals surface area contributed by atoms with Gasteiger partial charge < -0.3 is 0 Å². The van der Waals surface area contributed by atoms with E-state index >= 15 is 0 Å². The van der Waals surface area contributed by atoms with Gasteiger partial charge in [0.1, 0.15) is 6.34 Å². The molecule has 0 spiro atoms. The molecule has 3 heterocycles. The molecule has 0 bridgehead atoms. The van der Waals surface area contributed by atoms with Gasteiger partial charge in [-0.2, -0.15) is 0 Å². The first-order valence-electron chi connectivity index (χ1n) is 8.56. The quantitative estimate of drug-likeness (QED) is 0.797. The molecule has 130 valence electrons. The number of hydrogen-bond acceptors (Lipinski definition) is 6. The highest BCUT2D eigenvalue weighted by molar-refractivity contribution is 7.80. The third-order valence-corrected chi connectivity index (χ3v) is 5.01. The molecule has 0 unspecified atom stereocenters. The second-order valence-electron chi connectivity index (χ2n) is 6.35. The highest BCUT2D eigenvalue weighted by Gasteiger charge is 2.31. The molecule has 3 aliphatic heterocycles. The van der Waals surface area contributed by atoms with Crippen molar-refractivity contribution in [1.82, 2.24) is 4.90 Å². The second kappa shape index (κ2) is 6.17. The average molecular weight is 369 g/mol. The van der Waals surface area contributed by atoms with Gasteiger partial charge in [0.05, 0.1) is 17.1 Å². The number of allylic oxidation sites excluding steroid dienone is 2. The molecule has 0 aliphatic carbocycles. The van der Waals surface area contributed by atoms with Crippen molar-refractivity contribution in [3.63, 3.8) is 0 Å². The van der Waals surface area contributed by atoms with Crippen LogP contribution in [0.25, 0.3) is 5.70 Å². The van der Waals surface area contributed by atoms with E-state index in [4.69, 9.17) is 9.98 Å². The first-order valence-corrected chi connectivity index (χ1v) is 9.01. The number of aliphatic imine (C=N–C) groups is 4. The van der Waals surface area contributed by atoms with Gasteiger partial charge in [-0.25, -0.2) is 24.9 Å². The first-order chi connectivity index (χ1) is 13.2. The zero-order chi connectivity index (χ0) is 18.4. The third kappa shape index (κ3) is 2.65. The lowest BCUT2D eigenvalue weighted by Gasteiger charge is -2.31. The van der Waals surface area contributed by atoms with E-state index in [1.165, 1.54) is 11.9 Å². The molecule has 0 radical (unpaired) electrons. The summed E-state index contributed by atoms with van der Waals surface area (Å²) in [6.07, 6.45) is 5.59. The number of rotatable bonds is 2. The van der Waals surface area contributed by atoms with Crippen LogP contribution in [-0.4, -0.2) is 28.9 Å². The Bertz CT molecular complexity index is 1110. The van der Waals surface area contributed by atoms with Gasteiger partial charge in [-0.05, 0) is 30.7 Å². The Hall–Kier alpha value is -3.25. The number of benzene rings is 2. The van der Waals surface area contributed by atoms with Crippen LogP contribution in [0.15, 0.2) is 91.2 Å². The SMILES string of the molecule is Cc1ccccc1C1=NC2=NC=NC3=NC(c4ccccc4S)=CC(=C1)N23. The fourth-order valence-corrected chi connectivity index (χ4v) is 3.56. The largest absolute Gasteiger partial charge is 0.246 e. The van der Waals surface area contributed by atoms with Crippen LogP contribution in [-0.2, 0) is 0 Å². The number of hydrogen-bond donors (Lipinski definition) is 1. The summed E-state index contributed by atoms with van der Waals surface area (Å²) >= 11 is 4.58. The molecule has 0 amide bonds. The topological polar surface area (TPSA) is 52.7 Å². The van der Waals surface area contributed by atoms with Gasteiger partial charge in [0.25, 0.3) is 0 Å². The molecule has 0 N–H and O–H groups in total. The zero-order valence-electron chi connectivity index (χ0n) is 14.5. The summed E-state index contributed by atoms with van der Waals surface area (Å²) in [7, 11) is 0. The van der Waals surface area contributed by atoms with Crippen molar-refractivity contribution in [1.29, 1.82) is 0 Å². The Morgan fingerprint density at radius 3 is 2.44 bits per heavy atom. The maximum Gasteiger partial charge on any atom is 0.239 e. The Morgan fingerprint density at radius 2 is 1.63 bits per heavy atom. The highest BCUT2D eigenvalue weighted by Crippen LogP contribution is 2.32.